The van der Waals surface area contributed by atoms with Gasteiger partial charge < -0.3 is 4.57 Å². The van der Waals surface area contributed by atoms with E-state index in [0.717, 1.165) is 4.57 Å². The second kappa shape index (κ2) is 5.69. The molecule has 8 nitrogen and oxygen atoms in total. The van der Waals surface area contributed by atoms with Gasteiger partial charge in [-0.3, -0.25) is 13.9 Å². The molecule has 0 saturated heterocycles. The fourth-order valence-corrected chi connectivity index (χ4v) is 4.33. The van der Waals surface area contributed by atoms with Crippen LogP contribution in [0, 0.1) is 0 Å². The Morgan fingerprint density at radius 1 is 0.960 bits per heavy atom. The largest absolute Gasteiger partial charge is 0.332 e. The molecule has 1 unspecified atom stereocenters. The highest BCUT2D eigenvalue weighted by molar-refractivity contribution is 7.91. The number of hydrogen-bond donors (Lipinski definition) is 0. The van der Waals surface area contributed by atoms with Crippen molar-refractivity contribution in [3.05, 3.63) is 56.7 Å². The zero-order valence-electron chi connectivity index (χ0n) is 14.3. The van der Waals surface area contributed by atoms with Crippen molar-refractivity contribution in [3.8, 4) is 0 Å². The summed E-state index contributed by atoms with van der Waals surface area (Å²) in [4.78, 5) is 28.6. The van der Waals surface area contributed by atoms with Crippen molar-refractivity contribution in [1.82, 2.24) is 18.7 Å². The third kappa shape index (κ3) is 2.42. The molecule has 0 fully saturated rings. The van der Waals surface area contributed by atoms with E-state index < -0.39 is 26.3 Å². The molecular weight excluding hydrogens is 344 g/mol. The molecule has 132 valence electrons. The third-order valence-electron chi connectivity index (χ3n) is 4.42. The van der Waals surface area contributed by atoms with E-state index in [1.807, 2.05) is 0 Å². The first kappa shape index (κ1) is 17.2. The van der Waals surface area contributed by atoms with Gasteiger partial charge in [-0.1, -0.05) is 30.3 Å². The van der Waals surface area contributed by atoms with Crippen LogP contribution in [0.2, 0.25) is 0 Å². The molecular formula is C16H18N4O4S. The summed E-state index contributed by atoms with van der Waals surface area (Å²) in [6.45, 7) is 1.57. The number of rotatable bonds is 3. The van der Waals surface area contributed by atoms with Gasteiger partial charge in [-0.05, 0) is 12.5 Å². The van der Waals surface area contributed by atoms with Gasteiger partial charge in [0.15, 0.2) is 11.2 Å². The summed E-state index contributed by atoms with van der Waals surface area (Å²) in [5.74, 6) is 0. The molecule has 0 saturated carbocycles. The van der Waals surface area contributed by atoms with Gasteiger partial charge >= 0.3 is 5.69 Å². The zero-order chi connectivity index (χ0) is 18.5. The van der Waals surface area contributed by atoms with Crippen molar-refractivity contribution in [1.29, 1.82) is 0 Å². The highest BCUT2D eigenvalue weighted by Gasteiger charge is 2.31. The number of hydrogen-bond acceptors (Lipinski definition) is 5. The van der Waals surface area contributed by atoms with E-state index in [-0.39, 0.29) is 16.3 Å². The van der Waals surface area contributed by atoms with E-state index in [2.05, 4.69) is 4.98 Å². The van der Waals surface area contributed by atoms with Crippen LogP contribution in [-0.4, -0.2) is 27.1 Å². The van der Waals surface area contributed by atoms with Crippen molar-refractivity contribution >= 4 is 21.0 Å². The molecule has 1 atom stereocenters. The number of imidazole rings is 1. The Morgan fingerprint density at radius 2 is 1.56 bits per heavy atom. The Bertz CT molecular complexity index is 1190. The molecule has 2 heterocycles. The van der Waals surface area contributed by atoms with Gasteiger partial charge in [0, 0.05) is 21.1 Å². The molecule has 0 radical (unpaired) electrons. The fraction of sp³-hybridized carbons (Fsp3) is 0.312. The van der Waals surface area contributed by atoms with E-state index in [4.69, 9.17) is 0 Å². The van der Waals surface area contributed by atoms with Crippen molar-refractivity contribution in [2.24, 2.45) is 21.1 Å². The minimum absolute atomic E-state index is 0.0504. The van der Waals surface area contributed by atoms with Crippen LogP contribution in [-0.2, 0) is 31.0 Å². The number of aromatic nitrogens is 4. The van der Waals surface area contributed by atoms with Gasteiger partial charge in [-0.25, -0.2) is 13.2 Å². The molecule has 3 rings (SSSR count). The average Bonchev–Trinajstić information content (AvgIpc) is 2.96. The summed E-state index contributed by atoms with van der Waals surface area (Å²) in [6.07, 6.45) is 0. The van der Waals surface area contributed by atoms with E-state index in [0.29, 0.717) is 5.56 Å². The molecule has 9 heteroatoms. The van der Waals surface area contributed by atoms with Crippen LogP contribution in [0.4, 0.5) is 0 Å². The first-order valence-corrected chi connectivity index (χ1v) is 9.13. The van der Waals surface area contributed by atoms with Crippen LogP contribution in [0.1, 0.15) is 17.7 Å². The summed E-state index contributed by atoms with van der Waals surface area (Å²) in [6, 6.07) is 8.77. The van der Waals surface area contributed by atoms with Crippen LogP contribution in [0.3, 0.4) is 0 Å². The Morgan fingerprint density at radius 3 is 2.16 bits per heavy atom. The van der Waals surface area contributed by atoms with E-state index >= 15 is 0 Å². The quantitative estimate of drug-likeness (QED) is 0.676. The monoisotopic (exact) mass is 362 g/mol. The lowest BCUT2D eigenvalue weighted by molar-refractivity contribution is 0.570. The van der Waals surface area contributed by atoms with E-state index in [9.17, 15) is 18.0 Å². The maximum absolute atomic E-state index is 13.0. The van der Waals surface area contributed by atoms with Gasteiger partial charge in [0.2, 0.25) is 15.0 Å². The number of benzene rings is 1. The maximum atomic E-state index is 13.0. The van der Waals surface area contributed by atoms with Gasteiger partial charge in [0.05, 0.1) is 5.25 Å². The van der Waals surface area contributed by atoms with Gasteiger partial charge in [-0.15, -0.1) is 0 Å². The highest BCUT2D eigenvalue weighted by Crippen LogP contribution is 2.28. The highest BCUT2D eigenvalue weighted by atomic mass is 32.2. The number of nitrogens with zero attached hydrogens (tertiary/aromatic N) is 4. The first-order valence-electron chi connectivity index (χ1n) is 7.59. The number of sulfone groups is 1. The molecule has 0 aliphatic carbocycles. The summed E-state index contributed by atoms with van der Waals surface area (Å²) in [5.41, 5.74) is -0.396. The van der Waals surface area contributed by atoms with Crippen molar-refractivity contribution in [3.63, 3.8) is 0 Å². The predicted octanol–water partition coefficient (Wildman–Crippen LogP) is 0.506. The Balaban J connectivity index is 2.32. The van der Waals surface area contributed by atoms with Crippen molar-refractivity contribution in [2.45, 2.75) is 17.3 Å². The lowest BCUT2D eigenvalue weighted by atomic mass is 10.2. The topological polar surface area (TPSA) is 96.0 Å². The van der Waals surface area contributed by atoms with Crippen LogP contribution < -0.4 is 11.2 Å². The lowest BCUT2D eigenvalue weighted by Crippen LogP contribution is -2.37. The second-order valence-corrected chi connectivity index (χ2v) is 8.09. The molecule has 0 N–H and O–H groups in total. The summed E-state index contributed by atoms with van der Waals surface area (Å²) in [7, 11) is 0.406. The molecule has 3 aromatic rings. The smallest absolute Gasteiger partial charge is 0.312 e. The zero-order valence-corrected chi connectivity index (χ0v) is 15.1. The molecule has 2 aromatic heterocycles. The van der Waals surface area contributed by atoms with Gasteiger partial charge in [-0.2, -0.15) is 4.98 Å². The van der Waals surface area contributed by atoms with E-state index in [1.54, 1.807) is 37.3 Å². The van der Waals surface area contributed by atoms with Gasteiger partial charge in [0.1, 0.15) is 0 Å². The minimum atomic E-state index is -3.86. The van der Waals surface area contributed by atoms with Crippen LogP contribution in [0.5, 0.6) is 0 Å². The molecule has 0 spiro atoms. The molecule has 0 bridgehead atoms. The fourth-order valence-electron chi connectivity index (χ4n) is 2.81. The van der Waals surface area contributed by atoms with Crippen LogP contribution in [0.25, 0.3) is 11.2 Å². The first-order chi connectivity index (χ1) is 11.7. The van der Waals surface area contributed by atoms with Crippen molar-refractivity contribution in [2.75, 3.05) is 0 Å². The molecule has 25 heavy (non-hydrogen) atoms. The molecule has 0 amide bonds. The Labute approximate surface area is 143 Å². The summed E-state index contributed by atoms with van der Waals surface area (Å²) in [5, 5.41) is -1.08. The molecule has 1 aromatic carbocycles. The molecule has 0 aliphatic heterocycles. The van der Waals surface area contributed by atoms with Crippen molar-refractivity contribution < 1.29 is 8.42 Å². The second-order valence-electron chi connectivity index (χ2n) is 5.93. The summed E-state index contributed by atoms with van der Waals surface area (Å²) >= 11 is 0. The molecule has 0 aliphatic rings. The average molecular weight is 362 g/mol. The van der Waals surface area contributed by atoms with Crippen LogP contribution in [0.15, 0.2) is 45.1 Å². The maximum Gasteiger partial charge on any atom is 0.332 e. The van der Waals surface area contributed by atoms with Crippen LogP contribution >= 0.6 is 0 Å². The minimum Gasteiger partial charge on any atom is -0.312 e. The van der Waals surface area contributed by atoms with E-state index in [1.165, 1.54) is 30.3 Å². The normalized spacial score (nSPS) is 13.3. The third-order valence-corrected chi connectivity index (χ3v) is 6.50. The predicted molar refractivity (Wildman–Crippen MR) is 93.2 cm³/mol. The summed E-state index contributed by atoms with van der Waals surface area (Å²) < 4.78 is 29.4. The number of aryl methyl sites for hydroxylation is 2. The lowest BCUT2D eigenvalue weighted by Gasteiger charge is -2.12. The van der Waals surface area contributed by atoms with Gasteiger partial charge in [0.25, 0.3) is 5.56 Å². The standard InChI is InChI=1S/C16H18N4O4S/c1-10(11-8-6-5-7-9-11)25(23,24)15-17-13-12(18(15)2)14(21)20(4)16(22)19(13)3/h5-10H,1-4H3. The Kier molecular flexibility index (Phi) is 3.91. The Hall–Kier alpha value is -2.68. The number of fused-ring (bicyclic) bond motifs is 1. The SMILES string of the molecule is CC(c1ccccc1)S(=O)(=O)c1nc2c(c(=O)n(C)c(=O)n2C)n1C.